The van der Waals surface area contributed by atoms with Crippen molar-refractivity contribution in [1.29, 1.82) is 0 Å². The van der Waals surface area contributed by atoms with Gasteiger partial charge in [0.25, 0.3) is 0 Å². The molecule has 0 saturated carbocycles. The van der Waals surface area contributed by atoms with Crippen LogP contribution in [0.2, 0.25) is 0 Å². The molecule has 1 unspecified atom stereocenters. The van der Waals surface area contributed by atoms with Gasteiger partial charge in [-0.3, -0.25) is 14.5 Å². The Kier molecular flexibility index (Phi) is 5.51. The number of hydrogen-bond acceptors (Lipinski definition) is 4. The lowest BCUT2D eigenvalue weighted by Gasteiger charge is -2.36. The van der Waals surface area contributed by atoms with Gasteiger partial charge < -0.3 is 15.1 Å². The number of hydrogen-bond donors (Lipinski definition) is 1. The smallest absolute Gasteiger partial charge is 0.326 e. The average molecular weight is 362 g/mol. The lowest BCUT2D eigenvalue weighted by atomic mass is 10.0. The van der Waals surface area contributed by atoms with Gasteiger partial charge in [-0.05, 0) is 24.1 Å². The predicted molar refractivity (Wildman–Crippen MR) is 92.7 cm³/mol. The van der Waals surface area contributed by atoms with Crippen LogP contribution in [0.3, 0.4) is 0 Å². The molecule has 0 radical (unpaired) electrons. The van der Waals surface area contributed by atoms with E-state index in [2.05, 4.69) is 5.32 Å². The maximum Gasteiger partial charge on any atom is 0.326 e. The van der Waals surface area contributed by atoms with Gasteiger partial charge in [0.1, 0.15) is 12.4 Å². The number of carbonyl (C=O) groups excluding carboxylic acids is 3. The Bertz CT molecular complexity index is 711. The number of nitrogens with one attached hydrogen (secondary N) is 1. The van der Waals surface area contributed by atoms with Crippen LogP contribution in [-0.4, -0.2) is 72.3 Å². The van der Waals surface area contributed by atoms with E-state index in [1.165, 1.54) is 21.9 Å². The normalized spacial score (nSPS) is 20.8. The minimum Gasteiger partial charge on any atom is -0.333 e. The number of piperazine rings is 1. The highest BCUT2D eigenvalue weighted by Crippen LogP contribution is 2.24. The summed E-state index contributed by atoms with van der Waals surface area (Å²) in [7, 11) is 1.58. The third-order valence-electron chi connectivity index (χ3n) is 4.80. The molecule has 2 aliphatic heterocycles. The molecule has 1 atom stereocenters. The Morgan fingerprint density at radius 2 is 2.15 bits per heavy atom. The van der Waals surface area contributed by atoms with Gasteiger partial charge in [-0.15, -0.1) is 0 Å². The zero-order chi connectivity index (χ0) is 18.7. The van der Waals surface area contributed by atoms with Gasteiger partial charge in [-0.25, -0.2) is 9.18 Å². The van der Waals surface area contributed by atoms with E-state index in [0.29, 0.717) is 26.1 Å². The maximum atomic E-state index is 13.5. The van der Waals surface area contributed by atoms with Crippen LogP contribution in [0.25, 0.3) is 0 Å². The van der Waals surface area contributed by atoms with Crippen LogP contribution in [0, 0.1) is 5.82 Å². The van der Waals surface area contributed by atoms with E-state index in [1.807, 2.05) is 6.07 Å². The topological polar surface area (TPSA) is 73.0 Å². The fourth-order valence-electron chi connectivity index (χ4n) is 3.44. The number of likely N-dealkylation sites (N-methyl/N-ethyl adjacent to an activating group) is 1. The van der Waals surface area contributed by atoms with Crippen molar-refractivity contribution in [2.45, 2.75) is 18.9 Å². The van der Waals surface area contributed by atoms with Gasteiger partial charge in [0.15, 0.2) is 0 Å². The van der Waals surface area contributed by atoms with Crippen LogP contribution in [0.4, 0.5) is 9.18 Å². The van der Waals surface area contributed by atoms with E-state index in [1.54, 1.807) is 18.0 Å². The molecular weight excluding hydrogens is 339 g/mol. The van der Waals surface area contributed by atoms with Crippen molar-refractivity contribution in [3.8, 4) is 0 Å². The highest BCUT2D eigenvalue weighted by Gasteiger charge is 2.33. The van der Waals surface area contributed by atoms with Gasteiger partial charge in [-0.2, -0.15) is 0 Å². The first-order valence-electron chi connectivity index (χ1n) is 8.78. The van der Waals surface area contributed by atoms with Crippen molar-refractivity contribution < 1.29 is 18.8 Å². The standard InChI is InChI=1S/C18H23FN4O3/c1-21-12-17(25)23(18(21)26)8-3-6-16(24)22-9-7-20-11-15(22)13-4-2-5-14(19)10-13/h2,4-5,10,15,20H,3,6-9,11-12H2,1H3. The fourth-order valence-corrected chi connectivity index (χ4v) is 3.44. The third-order valence-corrected chi connectivity index (χ3v) is 4.80. The third kappa shape index (κ3) is 3.85. The molecule has 2 aliphatic rings. The van der Waals surface area contributed by atoms with Gasteiger partial charge in [0.05, 0.1) is 6.04 Å². The highest BCUT2D eigenvalue weighted by atomic mass is 19.1. The van der Waals surface area contributed by atoms with Gasteiger partial charge in [-0.1, -0.05) is 12.1 Å². The zero-order valence-electron chi connectivity index (χ0n) is 14.8. The fraction of sp³-hybridized carbons (Fsp3) is 0.500. The SMILES string of the molecule is CN1CC(=O)N(CCCC(=O)N2CCNCC2c2cccc(F)c2)C1=O. The van der Waals surface area contributed by atoms with Crippen LogP contribution < -0.4 is 5.32 Å². The van der Waals surface area contributed by atoms with Crippen LogP contribution in [0.15, 0.2) is 24.3 Å². The summed E-state index contributed by atoms with van der Waals surface area (Å²) in [6, 6.07) is 5.76. The van der Waals surface area contributed by atoms with Crippen molar-refractivity contribution >= 4 is 17.8 Å². The first kappa shape index (κ1) is 18.3. The van der Waals surface area contributed by atoms with Crippen molar-refractivity contribution in [1.82, 2.24) is 20.0 Å². The number of halogens is 1. The minimum absolute atomic E-state index is 0.0480. The molecule has 4 amide bonds. The summed E-state index contributed by atoms with van der Waals surface area (Å²) >= 11 is 0. The Labute approximate surface area is 151 Å². The summed E-state index contributed by atoms with van der Waals surface area (Å²) in [6.07, 6.45) is 0.663. The summed E-state index contributed by atoms with van der Waals surface area (Å²) in [6.45, 7) is 2.13. The first-order chi connectivity index (χ1) is 12.5. The van der Waals surface area contributed by atoms with E-state index in [-0.39, 0.29) is 49.2 Å². The van der Waals surface area contributed by atoms with Crippen molar-refractivity contribution in [3.63, 3.8) is 0 Å². The summed E-state index contributed by atoms with van der Waals surface area (Å²) in [4.78, 5) is 40.6. The summed E-state index contributed by atoms with van der Waals surface area (Å²) in [5.41, 5.74) is 0.761. The molecule has 7 nitrogen and oxygen atoms in total. The number of nitrogens with zero attached hydrogens (tertiary/aromatic N) is 3. The highest BCUT2D eigenvalue weighted by molar-refractivity contribution is 6.01. The number of benzene rings is 1. The molecule has 0 spiro atoms. The Balaban J connectivity index is 1.59. The van der Waals surface area contributed by atoms with Crippen LogP contribution in [0.1, 0.15) is 24.4 Å². The molecule has 1 aromatic rings. The largest absolute Gasteiger partial charge is 0.333 e. The second-order valence-corrected chi connectivity index (χ2v) is 6.65. The van der Waals surface area contributed by atoms with E-state index < -0.39 is 0 Å². The zero-order valence-corrected chi connectivity index (χ0v) is 14.8. The van der Waals surface area contributed by atoms with E-state index >= 15 is 0 Å². The molecule has 140 valence electrons. The molecule has 1 aromatic carbocycles. The van der Waals surface area contributed by atoms with Crippen molar-refractivity contribution in [2.75, 3.05) is 39.8 Å². The average Bonchev–Trinajstić information content (AvgIpc) is 2.87. The van der Waals surface area contributed by atoms with Gasteiger partial charge >= 0.3 is 6.03 Å². The van der Waals surface area contributed by atoms with Crippen LogP contribution in [0.5, 0.6) is 0 Å². The number of amides is 4. The number of urea groups is 1. The second kappa shape index (κ2) is 7.82. The number of imide groups is 1. The molecule has 3 rings (SSSR count). The molecule has 2 heterocycles. The van der Waals surface area contributed by atoms with Crippen LogP contribution in [-0.2, 0) is 9.59 Å². The molecule has 2 fully saturated rings. The molecule has 8 heteroatoms. The molecular formula is C18H23FN4O3. The van der Waals surface area contributed by atoms with Crippen molar-refractivity contribution in [3.05, 3.63) is 35.6 Å². The Hall–Kier alpha value is -2.48. The molecule has 0 aromatic heterocycles. The molecule has 26 heavy (non-hydrogen) atoms. The number of rotatable bonds is 5. The quantitative estimate of drug-likeness (QED) is 0.793. The maximum absolute atomic E-state index is 13.5. The molecule has 0 bridgehead atoms. The first-order valence-corrected chi connectivity index (χ1v) is 8.78. The predicted octanol–water partition coefficient (Wildman–Crippen LogP) is 0.973. The second-order valence-electron chi connectivity index (χ2n) is 6.65. The van der Waals surface area contributed by atoms with E-state index in [0.717, 1.165) is 5.56 Å². The number of carbonyl (C=O) groups is 3. The van der Waals surface area contributed by atoms with E-state index in [9.17, 15) is 18.8 Å². The lowest BCUT2D eigenvalue weighted by Crippen LogP contribution is -2.48. The Morgan fingerprint density at radius 3 is 2.85 bits per heavy atom. The summed E-state index contributed by atoms with van der Waals surface area (Å²) in [5.74, 6) is -0.603. The summed E-state index contributed by atoms with van der Waals surface area (Å²) < 4.78 is 13.5. The molecule has 1 N–H and O–H groups in total. The lowest BCUT2D eigenvalue weighted by molar-refractivity contribution is -0.135. The van der Waals surface area contributed by atoms with Crippen molar-refractivity contribution in [2.24, 2.45) is 0 Å². The van der Waals surface area contributed by atoms with Crippen LogP contribution >= 0.6 is 0 Å². The van der Waals surface area contributed by atoms with Gasteiger partial charge in [0.2, 0.25) is 11.8 Å². The van der Waals surface area contributed by atoms with Gasteiger partial charge in [0, 0.05) is 39.6 Å². The monoisotopic (exact) mass is 362 g/mol. The van der Waals surface area contributed by atoms with E-state index in [4.69, 9.17) is 0 Å². The minimum atomic E-state index is -0.323. The Morgan fingerprint density at radius 1 is 1.35 bits per heavy atom. The molecule has 0 aliphatic carbocycles. The molecule has 2 saturated heterocycles. The summed E-state index contributed by atoms with van der Waals surface area (Å²) in [5, 5.41) is 3.24.